The first-order valence-electron chi connectivity index (χ1n) is 6.13. The van der Waals surface area contributed by atoms with Crippen LogP contribution in [0.4, 0.5) is 0 Å². The summed E-state index contributed by atoms with van der Waals surface area (Å²) in [5, 5.41) is 7.88. The summed E-state index contributed by atoms with van der Waals surface area (Å²) >= 11 is 3.58. The molecule has 3 nitrogen and oxygen atoms in total. The van der Waals surface area contributed by atoms with Gasteiger partial charge in [0.1, 0.15) is 0 Å². The third-order valence-electron chi connectivity index (χ3n) is 2.97. The molecule has 0 aliphatic carbocycles. The number of halogens is 1. The third kappa shape index (κ3) is 3.43. The Bertz CT molecular complexity index is 507. The van der Waals surface area contributed by atoms with Crippen molar-refractivity contribution in [1.29, 1.82) is 0 Å². The third-order valence-corrected chi connectivity index (χ3v) is 3.69. The molecule has 0 bridgehead atoms. The molecular formula is C14H18BrN3. The van der Waals surface area contributed by atoms with E-state index in [2.05, 4.69) is 57.5 Å². The molecule has 2 aromatic rings. The van der Waals surface area contributed by atoms with Crippen LogP contribution in [0.2, 0.25) is 0 Å². The van der Waals surface area contributed by atoms with Gasteiger partial charge in [-0.25, -0.2) is 0 Å². The maximum atomic E-state index is 4.37. The number of nitrogens with one attached hydrogen (secondary N) is 1. The van der Waals surface area contributed by atoms with E-state index in [1.807, 2.05) is 24.0 Å². The van der Waals surface area contributed by atoms with Gasteiger partial charge in [0.25, 0.3) is 0 Å². The van der Waals surface area contributed by atoms with Crippen LogP contribution in [-0.4, -0.2) is 16.3 Å². The lowest BCUT2D eigenvalue weighted by atomic mass is 10.1. The van der Waals surface area contributed by atoms with E-state index in [1.54, 1.807) is 0 Å². The van der Waals surface area contributed by atoms with Crippen LogP contribution in [0.25, 0.3) is 0 Å². The van der Waals surface area contributed by atoms with E-state index in [0.29, 0.717) is 6.04 Å². The lowest BCUT2D eigenvalue weighted by Gasteiger charge is -2.15. The maximum absolute atomic E-state index is 4.37. The Balaban J connectivity index is 1.85. The van der Waals surface area contributed by atoms with Crippen LogP contribution in [0.1, 0.15) is 24.2 Å². The summed E-state index contributed by atoms with van der Waals surface area (Å²) in [6.45, 7) is 3.11. The van der Waals surface area contributed by atoms with Crippen molar-refractivity contribution in [2.75, 3.05) is 6.54 Å². The Morgan fingerprint density at radius 2 is 2.11 bits per heavy atom. The average molecular weight is 308 g/mol. The minimum Gasteiger partial charge on any atom is -0.310 e. The first kappa shape index (κ1) is 13.3. The number of nitrogens with zero attached hydrogens (tertiary/aromatic N) is 2. The molecule has 1 heterocycles. The zero-order valence-electron chi connectivity index (χ0n) is 10.7. The van der Waals surface area contributed by atoms with Crippen molar-refractivity contribution in [2.24, 2.45) is 7.05 Å². The Hall–Kier alpha value is -1.13. The minimum absolute atomic E-state index is 0.337. The summed E-state index contributed by atoms with van der Waals surface area (Å²) < 4.78 is 3.00. The number of rotatable bonds is 5. The highest BCUT2D eigenvalue weighted by atomic mass is 79.9. The Morgan fingerprint density at radius 1 is 1.33 bits per heavy atom. The zero-order chi connectivity index (χ0) is 13.0. The molecule has 2 rings (SSSR count). The standard InChI is InChI=1S/C14H18BrN3/c1-11(13-5-3-4-6-14(13)15)16-9-7-12-8-10-18(2)17-12/h3-6,8,10-11,16H,7,9H2,1-2H3. The van der Waals surface area contributed by atoms with Gasteiger partial charge < -0.3 is 5.32 Å². The lowest BCUT2D eigenvalue weighted by molar-refractivity contribution is 0.569. The van der Waals surface area contributed by atoms with E-state index in [9.17, 15) is 0 Å². The average Bonchev–Trinajstić information content (AvgIpc) is 2.75. The number of benzene rings is 1. The number of hydrogen-bond acceptors (Lipinski definition) is 2. The Labute approximate surface area is 116 Å². The maximum Gasteiger partial charge on any atom is 0.0637 e. The molecule has 1 atom stereocenters. The van der Waals surface area contributed by atoms with Crippen LogP contribution in [0.15, 0.2) is 41.0 Å². The van der Waals surface area contributed by atoms with E-state index in [0.717, 1.165) is 23.1 Å². The Morgan fingerprint density at radius 3 is 2.78 bits per heavy atom. The van der Waals surface area contributed by atoms with E-state index >= 15 is 0 Å². The monoisotopic (exact) mass is 307 g/mol. The molecule has 0 spiro atoms. The summed E-state index contributed by atoms with van der Waals surface area (Å²) in [7, 11) is 1.95. The second-order valence-corrected chi connectivity index (χ2v) is 5.28. The van der Waals surface area contributed by atoms with E-state index < -0.39 is 0 Å². The van der Waals surface area contributed by atoms with Crippen molar-refractivity contribution in [3.8, 4) is 0 Å². The van der Waals surface area contributed by atoms with Crippen LogP contribution in [-0.2, 0) is 13.5 Å². The number of hydrogen-bond donors (Lipinski definition) is 1. The van der Waals surface area contributed by atoms with Crippen LogP contribution in [0.5, 0.6) is 0 Å². The fraction of sp³-hybridized carbons (Fsp3) is 0.357. The van der Waals surface area contributed by atoms with Crippen molar-refractivity contribution >= 4 is 15.9 Å². The summed E-state index contributed by atoms with van der Waals surface area (Å²) in [4.78, 5) is 0. The lowest BCUT2D eigenvalue weighted by Crippen LogP contribution is -2.21. The predicted molar refractivity (Wildman–Crippen MR) is 77.5 cm³/mol. The molecule has 96 valence electrons. The van der Waals surface area contributed by atoms with E-state index in [1.165, 1.54) is 5.56 Å². The van der Waals surface area contributed by atoms with Crippen molar-refractivity contribution in [2.45, 2.75) is 19.4 Å². The SMILES string of the molecule is CC(NCCc1ccn(C)n1)c1ccccc1Br. The van der Waals surface area contributed by atoms with Gasteiger partial charge in [-0.3, -0.25) is 4.68 Å². The van der Waals surface area contributed by atoms with Gasteiger partial charge >= 0.3 is 0 Å². The summed E-state index contributed by atoms with van der Waals surface area (Å²) in [6, 6.07) is 10.7. The topological polar surface area (TPSA) is 29.9 Å². The summed E-state index contributed by atoms with van der Waals surface area (Å²) in [5.41, 5.74) is 2.42. The molecule has 1 N–H and O–H groups in total. The van der Waals surface area contributed by atoms with Crippen LogP contribution < -0.4 is 5.32 Å². The van der Waals surface area contributed by atoms with Gasteiger partial charge in [0.05, 0.1) is 5.69 Å². The van der Waals surface area contributed by atoms with E-state index in [-0.39, 0.29) is 0 Å². The van der Waals surface area contributed by atoms with Crippen molar-refractivity contribution in [3.63, 3.8) is 0 Å². The van der Waals surface area contributed by atoms with Gasteiger partial charge in [0.2, 0.25) is 0 Å². The minimum atomic E-state index is 0.337. The van der Waals surface area contributed by atoms with Gasteiger partial charge in [-0.05, 0) is 24.6 Å². The zero-order valence-corrected chi connectivity index (χ0v) is 12.3. The molecule has 1 unspecified atom stereocenters. The summed E-state index contributed by atoms with van der Waals surface area (Å²) in [6.07, 6.45) is 2.93. The van der Waals surface area contributed by atoms with Crippen molar-refractivity contribution in [1.82, 2.24) is 15.1 Å². The predicted octanol–water partition coefficient (Wildman–Crippen LogP) is 3.08. The number of aromatic nitrogens is 2. The van der Waals surface area contributed by atoms with E-state index in [4.69, 9.17) is 0 Å². The first-order valence-corrected chi connectivity index (χ1v) is 6.92. The molecule has 0 saturated carbocycles. The van der Waals surface area contributed by atoms with Gasteiger partial charge in [0, 0.05) is 36.7 Å². The molecule has 0 radical (unpaired) electrons. The van der Waals surface area contributed by atoms with Crippen molar-refractivity contribution < 1.29 is 0 Å². The van der Waals surface area contributed by atoms with Crippen LogP contribution in [0.3, 0.4) is 0 Å². The fourth-order valence-corrected chi connectivity index (χ4v) is 2.58. The fourth-order valence-electron chi connectivity index (χ4n) is 1.95. The molecule has 0 aliphatic heterocycles. The highest BCUT2D eigenvalue weighted by molar-refractivity contribution is 9.10. The van der Waals surface area contributed by atoms with Crippen molar-refractivity contribution in [3.05, 3.63) is 52.3 Å². The molecule has 0 amide bonds. The largest absolute Gasteiger partial charge is 0.310 e. The quantitative estimate of drug-likeness (QED) is 0.920. The molecule has 0 saturated heterocycles. The Kier molecular flexibility index (Phi) is 4.55. The van der Waals surface area contributed by atoms with Crippen LogP contribution >= 0.6 is 15.9 Å². The highest BCUT2D eigenvalue weighted by Crippen LogP contribution is 2.22. The van der Waals surface area contributed by atoms with Gasteiger partial charge in [-0.15, -0.1) is 0 Å². The molecule has 0 aliphatic rings. The molecular weight excluding hydrogens is 290 g/mol. The smallest absolute Gasteiger partial charge is 0.0637 e. The number of aryl methyl sites for hydroxylation is 1. The second-order valence-electron chi connectivity index (χ2n) is 4.43. The normalized spacial score (nSPS) is 12.6. The van der Waals surface area contributed by atoms with Crippen LogP contribution in [0, 0.1) is 0 Å². The van der Waals surface area contributed by atoms with Gasteiger partial charge in [0.15, 0.2) is 0 Å². The second kappa shape index (κ2) is 6.16. The molecule has 4 heteroatoms. The molecule has 1 aromatic carbocycles. The molecule has 18 heavy (non-hydrogen) atoms. The van der Waals surface area contributed by atoms with Gasteiger partial charge in [-0.1, -0.05) is 34.1 Å². The highest BCUT2D eigenvalue weighted by Gasteiger charge is 2.07. The van der Waals surface area contributed by atoms with Gasteiger partial charge in [-0.2, -0.15) is 5.10 Å². The summed E-state index contributed by atoms with van der Waals surface area (Å²) in [5.74, 6) is 0. The molecule has 0 fully saturated rings. The first-order chi connectivity index (χ1) is 8.66. The molecule has 1 aromatic heterocycles.